The average molecular weight is 480 g/mol. The minimum atomic E-state index is -4.46. The van der Waals surface area contributed by atoms with Gasteiger partial charge in [0.15, 0.2) is 0 Å². The molecule has 0 amide bonds. The van der Waals surface area contributed by atoms with Gasteiger partial charge in [0, 0.05) is 29.4 Å². The summed E-state index contributed by atoms with van der Waals surface area (Å²) in [5.74, 6) is -2.93. The van der Waals surface area contributed by atoms with Crippen LogP contribution in [0.15, 0.2) is 59.8 Å². The lowest BCUT2D eigenvalue weighted by atomic mass is 10.0. The molecule has 4 rings (SSSR count). The zero-order valence-electron chi connectivity index (χ0n) is 16.2. The summed E-state index contributed by atoms with van der Waals surface area (Å²) in [6.07, 6.45) is 2.73. The number of sulfonamides is 1. The molecule has 0 radical (unpaired) electrons. The van der Waals surface area contributed by atoms with Gasteiger partial charge in [-0.25, -0.2) is 26.6 Å². The Kier molecular flexibility index (Phi) is 5.66. The average Bonchev–Trinajstić information content (AvgIpc) is 2.73. The summed E-state index contributed by atoms with van der Waals surface area (Å²) >= 11 is 6.15. The van der Waals surface area contributed by atoms with E-state index < -0.39 is 32.4 Å². The molecule has 0 atom stereocenters. The molecule has 11 heteroatoms. The Labute approximate surface area is 185 Å². The van der Waals surface area contributed by atoms with Gasteiger partial charge in [-0.05, 0) is 42.0 Å². The molecule has 0 saturated heterocycles. The van der Waals surface area contributed by atoms with Gasteiger partial charge in [-0.3, -0.25) is 9.71 Å². The number of anilines is 1. The first-order chi connectivity index (χ1) is 15.2. The lowest BCUT2D eigenvalue weighted by molar-refractivity contribution is 0.400. The summed E-state index contributed by atoms with van der Waals surface area (Å²) < 4.78 is 74.4. The number of ether oxygens (including phenoxy) is 1. The summed E-state index contributed by atoms with van der Waals surface area (Å²) in [6.45, 7) is 0. The first-order valence-electron chi connectivity index (χ1n) is 8.95. The molecule has 0 fully saturated rings. The zero-order chi connectivity index (χ0) is 23.0. The summed E-state index contributed by atoms with van der Waals surface area (Å²) in [6, 6.07) is 7.70. The number of hydrogen-bond acceptors (Lipinski definition) is 5. The van der Waals surface area contributed by atoms with Crippen LogP contribution in [-0.4, -0.2) is 25.5 Å². The fourth-order valence-corrected chi connectivity index (χ4v) is 4.39. The van der Waals surface area contributed by atoms with Crippen LogP contribution in [0.2, 0.25) is 5.02 Å². The number of hydrogen-bond donors (Lipinski definition) is 1. The van der Waals surface area contributed by atoms with E-state index in [2.05, 4.69) is 14.7 Å². The Bertz CT molecular complexity index is 1470. The molecule has 2 aromatic carbocycles. The maximum Gasteiger partial charge on any atom is 0.264 e. The Hall–Kier alpha value is -3.37. The third-order valence-corrected chi connectivity index (χ3v) is 6.28. The number of rotatable bonds is 5. The standard InChI is InChI=1S/C21H13ClF3N3O3S/c1-31-21-18(28-32(29,30)19-3-2-13(23)9-16(19)24)8-12(10-27-21)11-6-14-15(22)4-5-26-20(14)17(25)7-11/h2-10,28H,1H3. The van der Waals surface area contributed by atoms with E-state index in [1.807, 2.05) is 0 Å². The molecule has 0 aliphatic heterocycles. The number of methoxy groups -OCH3 is 1. The predicted octanol–water partition coefficient (Wildman–Crippen LogP) is 5.18. The van der Waals surface area contributed by atoms with E-state index in [0.717, 1.165) is 12.1 Å². The lowest BCUT2D eigenvalue weighted by Gasteiger charge is -2.13. The molecule has 32 heavy (non-hydrogen) atoms. The molecule has 6 nitrogen and oxygen atoms in total. The van der Waals surface area contributed by atoms with Crippen molar-refractivity contribution in [2.75, 3.05) is 11.8 Å². The molecule has 0 aliphatic rings. The molecule has 0 saturated carbocycles. The SMILES string of the molecule is COc1ncc(-c2cc(F)c3nccc(Cl)c3c2)cc1NS(=O)(=O)c1ccc(F)cc1F. The number of pyridine rings is 2. The minimum Gasteiger partial charge on any atom is -0.480 e. The van der Waals surface area contributed by atoms with Crippen LogP contribution < -0.4 is 9.46 Å². The molecule has 4 aromatic rings. The highest BCUT2D eigenvalue weighted by molar-refractivity contribution is 7.92. The van der Waals surface area contributed by atoms with Gasteiger partial charge in [-0.1, -0.05) is 11.6 Å². The third-order valence-electron chi connectivity index (χ3n) is 4.55. The van der Waals surface area contributed by atoms with E-state index in [9.17, 15) is 21.6 Å². The van der Waals surface area contributed by atoms with E-state index in [0.29, 0.717) is 22.6 Å². The molecule has 1 N–H and O–H groups in total. The molecular weight excluding hydrogens is 467 g/mol. The first-order valence-corrected chi connectivity index (χ1v) is 10.8. The van der Waals surface area contributed by atoms with Crippen LogP contribution in [0.1, 0.15) is 0 Å². The normalized spacial score (nSPS) is 11.5. The molecule has 0 bridgehead atoms. The maximum atomic E-state index is 14.6. The number of nitrogens with zero attached hydrogens (tertiary/aromatic N) is 2. The topological polar surface area (TPSA) is 81.2 Å². The van der Waals surface area contributed by atoms with Crippen molar-refractivity contribution in [3.63, 3.8) is 0 Å². The van der Waals surface area contributed by atoms with Gasteiger partial charge in [0.05, 0.1) is 12.1 Å². The summed E-state index contributed by atoms with van der Waals surface area (Å²) in [7, 11) is -3.20. The van der Waals surface area contributed by atoms with Crippen molar-refractivity contribution in [2.45, 2.75) is 4.90 Å². The Morgan fingerprint density at radius 2 is 1.75 bits per heavy atom. The third kappa shape index (κ3) is 4.06. The molecule has 0 spiro atoms. The van der Waals surface area contributed by atoms with Crippen LogP contribution in [0, 0.1) is 17.5 Å². The number of aromatic nitrogens is 2. The van der Waals surface area contributed by atoms with Crippen molar-refractivity contribution >= 4 is 38.2 Å². The van der Waals surface area contributed by atoms with Gasteiger partial charge >= 0.3 is 0 Å². The van der Waals surface area contributed by atoms with Crippen LogP contribution in [0.4, 0.5) is 18.9 Å². The zero-order valence-corrected chi connectivity index (χ0v) is 17.8. The number of halogens is 4. The van der Waals surface area contributed by atoms with Crippen molar-refractivity contribution in [1.29, 1.82) is 0 Å². The number of benzene rings is 2. The van der Waals surface area contributed by atoms with Gasteiger partial charge in [-0.15, -0.1) is 0 Å². The van der Waals surface area contributed by atoms with E-state index in [4.69, 9.17) is 16.3 Å². The molecule has 2 heterocycles. The first kappa shape index (κ1) is 21.8. The van der Waals surface area contributed by atoms with Crippen molar-refractivity contribution in [2.24, 2.45) is 0 Å². The molecular formula is C21H13ClF3N3O3S. The van der Waals surface area contributed by atoms with Gasteiger partial charge < -0.3 is 4.74 Å². The lowest BCUT2D eigenvalue weighted by Crippen LogP contribution is -2.15. The van der Waals surface area contributed by atoms with Crippen LogP contribution in [0.5, 0.6) is 5.88 Å². The van der Waals surface area contributed by atoms with Crippen molar-refractivity contribution < 1.29 is 26.3 Å². The highest BCUT2D eigenvalue weighted by Gasteiger charge is 2.22. The highest BCUT2D eigenvalue weighted by atomic mass is 35.5. The van der Waals surface area contributed by atoms with Crippen molar-refractivity contribution in [1.82, 2.24) is 9.97 Å². The monoisotopic (exact) mass is 479 g/mol. The Morgan fingerprint density at radius 3 is 2.47 bits per heavy atom. The van der Waals surface area contributed by atoms with Crippen LogP contribution in [0.25, 0.3) is 22.0 Å². The number of fused-ring (bicyclic) bond motifs is 1. The van der Waals surface area contributed by atoms with Crippen LogP contribution in [0.3, 0.4) is 0 Å². The van der Waals surface area contributed by atoms with Gasteiger partial charge in [0.1, 0.15) is 33.6 Å². The van der Waals surface area contributed by atoms with Crippen molar-refractivity contribution in [3.8, 4) is 17.0 Å². The van der Waals surface area contributed by atoms with Crippen molar-refractivity contribution in [3.05, 3.63) is 77.3 Å². The fraction of sp³-hybridized carbons (Fsp3) is 0.0476. The summed E-state index contributed by atoms with van der Waals surface area (Å²) in [5, 5.41) is 0.639. The Morgan fingerprint density at radius 1 is 0.969 bits per heavy atom. The van der Waals surface area contributed by atoms with E-state index >= 15 is 0 Å². The van der Waals surface area contributed by atoms with E-state index in [1.54, 1.807) is 6.07 Å². The second kappa shape index (κ2) is 8.29. The molecule has 2 aromatic heterocycles. The van der Waals surface area contributed by atoms with Crippen LogP contribution in [-0.2, 0) is 10.0 Å². The molecule has 0 unspecified atom stereocenters. The quantitative estimate of drug-likeness (QED) is 0.427. The minimum absolute atomic E-state index is 0.0791. The van der Waals surface area contributed by atoms with Gasteiger partial charge in [0.25, 0.3) is 10.0 Å². The summed E-state index contributed by atoms with van der Waals surface area (Å²) in [5.41, 5.74) is 0.610. The molecule has 164 valence electrons. The fourth-order valence-electron chi connectivity index (χ4n) is 3.08. The number of nitrogens with one attached hydrogen (secondary N) is 1. The second-order valence-electron chi connectivity index (χ2n) is 6.61. The Balaban J connectivity index is 1.80. The maximum absolute atomic E-state index is 14.6. The van der Waals surface area contributed by atoms with E-state index in [1.165, 1.54) is 37.7 Å². The van der Waals surface area contributed by atoms with Gasteiger partial charge in [-0.2, -0.15) is 0 Å². The van der Waals surface area contributed by atoms with E-state index in [-0.39, 0.29) is 22.1 Å². The van der Waals surface area contributed by atoms with Gasteiger partial charge in [0.2, 0.25) is 5.88 Å². The second-order valence-corrected chi connectivity index (χ2v) is 8.67. The largest absolute Gasteiger partial charge is 0.480 e. The van der Waals surface area contributed by atoms with Crippen LogP contribution >= 0.6 is 11.6 Å². The summed E-state index contributed by atoms with van der Waals surface area (Å²) in [4.78, 5) is 7.25. The molecule has 0 aliphatic carbocycles. The predicted molar refractivity (Wildman–Crippen MR) is 114 cm³/mol. The highest BCUT2D eigenvalue weighted by Crippen LogP contribution is 2.34. The smallest absolute Gasteiger partial charge is 0.264 e.